The Bertz CT molecular complexity index is 591. The molecular weight excluding hydrogens is 258 g/mol. The molecule has 1 saturated heterocycles. The summed E-state index contributed by atoms with van der Waals surface area (Å²) in [5, 5.41) is 10.1. The number of aliphatic hydroxyl groups is 1. The van der Waals surface area contributed by atoms with Crippen LogP contribution in [0.1, 0.15) is 42.2 Å². The van der Waals surface area contributed by atoms with Crippen LogP contribution in [0.2, 0.25) is 0 Å². The molecule has 2 unspecified atom stereocenters. The molecule has 2 N–H and O–H groups in total. The SMILES string of the molecule is Cc1ccc(C2CCCN2C(=O)C(O)c2cnc[nH]2)o1. The maximum atomic E-state index is 12.4. The molecule has 20 heavy (non-hydrogen) atoms. The molecule has 3 rings (SSSR count). The highest BCUT2D eigenvalue weighted by atomic mass is 16.3. The monoisotopic (exact) mass is 275 g/mol. The van der Waals surface area contributed by atoms with Gasteiger partial charge in [0.05, 0.1) is 24.3 Å². The number of carbonyl (C=O) groups excluding carboxylic acids is 1. The van der Waals surface area contributed by atoms with Crippen LogP contribution >= 0.6 is 0 Å². The van der Waals surface area contributed by atoms with Crippen LogP contribution in [0, 0.1) is 6.92 Å². The van der Waals surface area contributed by atoms with Gasteiger partial charge in [0.25, 0.3) is 5.91 Å². The molecule has 1 fully saturated rings. The van der Waals surface area contributed by atoms with Crippen LogP contribution in [0.5, 0.6) is 0 Å². The van der Waals surface area contributed by atoms with Crippen LogP contribution in [0.3, 0.4) is 0 Å². The van der Waals surface area contributed by atoms with Gasteiger partial charge >= 0.3 is 0 Å². The van der Waals surface area contributed by atoms with Gasteiger partial charge in [-0.3, -0.25) is 4.79 Å². The molecule has 106 valence electrons. The van der Waals surface area contributed by atoms with Crippen LogP contribution in [0.4, 0.5) is 0 Å². The lowest BCUT2D eigenvalue weighted by Gasteiger charge is -2.25. The quantitative estimate of drug-likeness (QED) is 0.893. The lowest BCUT2D eigenvalue weighted by molar-refractivity contribution is -0.142. The number of rotatable bonds is 3. The minimum absolute atomic E-state index is 0.0891. The topological polar surface area (TPSA) is 82.4 Å². The van der Waals surface area contributed by atoms with Crippen LogP contribution in [-0.4, -0.2) is 32.4 Å². The van der Waals surface area contributed by atoms with Gasteiger partial charge in [-0.05, 0) is 31.9 Å². The summed E-state index contributed by atoms with van der Waals surface area (Å²) in [5.74, 6) is 1.30. The van der Waals surface area contributed by atoms with Crippen molar-refractivity contribution in [2.75, 3.05) is 6.54 Å². The zero-order valence-electron chi connectivity index (χ0n) is 11.2. The fraction of sp³-hybridized carbons (Fsp3) is 0.429. The fourth-order valence-electron chi connectivity index (χ4n) is 2.67. The zero-order valence-corrected chi connectivity index (χ0v) is 11.2. The second-order valence-corrected chi connectivity index (χ2v) is 5.05. The Kier molecular flexibility index (Phi) is 3.31. The molecule has 0 aliphatic carbocycles. The average molecular weight is 275 g/mol. The number of nitrogens with one attached hydrogen (secondary N) is 1. The van der Waals surface area contributed by atoms with Crippen molar-refractivity contribution in [1.29, 1.82) is 0 Å². The first kappa shape index (κ1) is 12.9. The Hall–Kier alpha value is -2.08. The summed E-state index contributed by atoms with van der Waals surface area (Å²) in [6.45, 7) is 2.51. The Morgan fingerprint density at radius 1 is 1.60 bits per heavy atom. The molecular formula is C14H17N3O3. The smallest absolute Gasteiger partial charge is 0.258 e. The Morgan fingerprint density at radius 2 is 2.45 bits per heavy atom. The maximum absolute atomic E-state index is 12.4. The third-order valence-electron chi connectivity index (χ3n) is 3.67. The molecule has 1 aliphatic heterocycles. The van der Waals surface area contributed by atoms with Crippen molar-refractivity contribution >= 4 is 5.91 Å². The molecule has 0 spiro atoms. The molecule has 0 saturated carbocycles. The summed E-state index contributed by atoms with van der Waals surface area (Å²) in [6, 6.07) is 3.70. The number of imidazole rings is 1. The number of amides is 1. The molecule has 2 atom stereocenters. The van der Waals surface area contributed by atoms with E-state index in [1.54, 1.807) is 4.90 Å². The second-order valence-electron chi connectivity index (χ2n) is 5.05. The van der Waals surface area contributed by atoms with Gasteiger partial charge in [0.1, 0.15) is 11.5 Å². The number of aryl methyl sites for hydroxylation is 1. The summed E-state index contributed by atoms with van der Waals surface area (Å²) >= 11 is 0. The zero-order chi connectivity index (χ0) is 14.1. The number of hydrogen-bond acceptors (Lipinski definition) is 4. The van der Waals surface area contributed by atoms with Gasteiger partial charge in [-0.25, -0.2) is 4.98 Å². The van der Waals surface area contributed by atoms with E-state index in [2.05, 4.69) is 9.97 Å². The van der Waals surface area contributed by atoms with Crippen molar-refractivity contribution in [2.24, 2.45) is 0 Å². The summed E-state index contributed by atoms with van der Waals surface area (Å²) in [7, 11) is 0. The molecule has 0 aromatic carbocycles. The van der Waals surface area contributed by atoms with E-state index in [1.165, 1.54) is 12.5 Å². The van der Waals surface area contributed by atoms with E-state index in [1.807, 2.05) is 19.1 Å². The third-order valence-corrected chi connectivity index (χ3v) is 3.67. The Balaban J connectivity index is 1.80. The minimum atomic E-state index is -1.20. The fourth-order valence-corrected chi connectivity index (χ4v) is 2.67. The third kappa shape index (κ3) is 2.22. The molecule has 1 amide bonds. The van der Waals surface area contributed by atoms with Crippen molar-refractivity contribution in [3.63, 3.8) is 0 Å². The number of likely N-dealkylation sites (tertiary alicyclic amines) is 1. The lowest BCUT2D eigenvalue weighted by atomic mass is 10.1. The number of carbonyl (C=O) groups is 1. The number of nitrogens with zero attached hydrogens (tertiary/aromatic N) is 2. The van der Waals surface area contributed by atoms with E-state index in [-0.39, 0.29) is 11.9 Å². The van der Waals surface area contributed by atoms with E-state index < -0.39 is 6.10 Å². The van der Waals surface area contributed by atoms with Crippen LogP contribution in [0.25, 0.3) is 0 Å². The van der Waals surface area contributed by atoms with Crippen molar-refractivity contribution < 1.29 is 14.3 Å². The van der Waals surface area contributed by atoms with Crippen molar-refractivity contribution in [3.05, 3.63) is 41.9 Å². The summed E-state index contributed by atoms with van der Waals surface area (Å²) in [4.78, 5) is 20.7. The second kappa shape index (κ2) is 5.13. The van der Waals surface area contributed by atoms with Crippen molar-refractivity contribution in [3.8, 4) is 0 Å². The van der Waals surface area contributed by atoms with Gasteiger partial charge in [0.2, 0.25) is 0 Å². The normalized spacial score (nSPS) is 20.3. The van der Waals surface area contributed by atoms with Gasteiger partial charge in [-0.2, -0.15) is 0 Å². The molecule has 3 heterocycles. The lowest BCUT2D eigenvalue weighted by Crippen LogP contribution is -2.34. The van der Waals surface area contributed by atoms with Crippen LogP contribution < -0.4 is 0 Å². The minimum Gasteiger partial charge on any atom is -0.464 e. The van der Waals surface area contributed by atoms with Gasteiger partial charge in [0.15, 0.2) is 6.10 Å². The highest BCUT2D eigenvalue weighted by Crippen LogP contribution is 2.34. The molecule has 0 bridgehead atoms. The van der Waals surface area contributed by atoms with Gasteiger partial charge in [-0.1, -0.05) is 0 Å². The van der Waals surface area contributed by atoms with Gasteiger partial charge in [0, 0.05) is 6.54 Å². The van der Waals surface area contributed by atoms with Gasteiger partial charge < -0.3 is 19.4 Å². The van der Waals surface area contributed by atoms with Crippen molar-refractivity contribution in [2.45, 2.75) is 31.9 Å². The first-order valence-electron chi connectivity index (χ1n) is 6.70. The molecule has 2 aromatic heterocycles. The van der Waals surface area contributed by atoms with E-state index >= 15 is 0 Å². The summed E-state index contributed by atoms with van der Waals surface area (Å²) < 4.78 is 5.62. The molecule has 2 aromatic rings. The highest BCUT2D eigenvalue weighted by molar-refractivity contribution is 5.82. The van der Waals surface area contributed by atoms with E-state index in [0.717, 1.165) is 24.4 Å². The van der Waals surface area contributed by atoms with Crippen LogP contribution in [-0.2, 0) is 4.79 Å². The number of aliphatic hydroxyl groups excluding tert-OH is 1. The number of hydrogen-bond donors (Lipinski definition) is 2. The molecule has 0 radical (unpaired) electrons. The Morgan fingerprint density at radius 3 is 3.10 bits per heavy atom. The maximum Gasteiger partial charge on any atom is 0.258 e. The predicted octanol–water partition coefficient (Wildman–Crippen LogP) is 1.71. The molecule has 1 aliphatic rings. The first-order chi connectivity index (χ1) is 9.66. The number of H-pyrrole nitrogens is 1. The van der Waals surface area contributed by atoms with E-state index in [0.29, 0.717) is 12.2 Å². The van der Waals surface area contributed by atoms with Crippen LogP contribution in [0.15, 0.2) is 29.1 Å². The number of aromatic amines is 1. The molecule has 6 nitrogen and oxygen atoms in total. The predicted molar refractivity (Wildman–Crippen MR) is 70.7 cm³/mol. The number of aromatic nitrogens is 2. The van der Waals surface area contributed by atoms with Gasteiger partial charge in [-0.15, -0.1) is 0 Å². The standard InChI is InChI=1S/C14H17N3O3/c1-9-4-5-12(20-9)11-3-2-6-17(11)14(19)13(18)10-7-15-8-16-10/h4-5,7-8,11,13,18H,2-3,6H2,1H3,(H,15,16). The Labute approximate surface area is 116 Å². The van der Waals surface area contributed by atoms with E-state index in [4.69, 9.17) is 4.42 Å². The first-order valence-corrected chi connectivity index (χ1v) is 6.70. The summed E-state index contributed by atoms with van der Waals surface area (Å²) in [5.41, 5.74) is 0.413. The summed E-state index contributed by atoms with van der Waals surface area (Å²) in [6.07, 6.45) is 3.47. The van der Waals surface area contributed by atoms with Crippen molar-refractivity contribution in [1.82, 2.24) is 14.9 Å². The van der Waals surface area contributed by atoms with E-state index in [9.17, 15) is 9.90 Å². The number of furan rings is 1. The molecule has 6 heteroatoms. The largest absolute Gasteiger partial charge is 0.464 e. The average Bonchev–Trinajstić information content (AvgIpc) is 3.17. The highest BCUT2D eigenvalue weighted by Gasteiger charge is 2.35.